The van der Waals surface area contributed by atoms with Crippen LogP contribution in [0.2, 0.25) is 0 Å². The SMILES string of the molecule is COCCC(COC[SiH](OC)OC)OC. The third-order valence-corrected chi connectivity index (χ3v) is 3.62. The van der Waals surface area contributed by atoms with Crippen LogP contribution in [0.4, 0.5) is 0 Å². The minimum atomic E-state index is -1.60. The molecule has 0 aliphatic rings. The second-order valence-electron chi connectivity index (χ2n) is 3.08. The van der Waals surface area contributed by atoms with E-state index in [1.54, 1.807) is 28.4 Å². The lowest BCUT2D eigenvalue weighted by Crippen LogP contribution is -2.29. The zero-order valence-electron chi connectivity index (χ0n) is 10.0. The summed E-state index contributed by atoms with van der Waals surface area (Å²) >= 11 is 0. The van der Waals surface area contributed by atoms with Gasteiger partial charge in [-0.1, -0.05) is 0 Å². The zero-order chi connectivity index (χ0) is 11.5. The van der Waals surface area contributed by atoms with Gasteiger partial charge in [0.15, 0.2) is 0 Å². The quantitative estimate of drug-likeness (QED) is 0.505. The summed E-state index contributed by atoms with van der Waals surface area (Å²) in [5.74, 6) is 0. The summed E-state index contributed by atoms with van der Waals surface area (Å²) in [5.41, 5.74) is 0. The maximum absolute atomic E-state index is 5.46. The smallest absolute Gasteiger partial charge is 0.347 e. The molecule has 1 unspecified atom stereocenters. The highest BCUT2D eigenvalue weighted by Gasteiger charge is 2.12. The summed E-state index contributed by atoms with van der Waals surface area (Å²) in [7, 11) is 5.03. The number of ether oxygens (including phenoxy) is 3. The molecule has 6 heteroatoms. The molecule has 0 fully saturated rings. The van der Waals surface area contributed by atoms with Gasteiger partial charge in [-0.05, 0) is 6.42 Å². The van der Waals surface area contributed by atoms with Crippen LogP contribution >= 0.6 is 0 Å². The van der Waals surface area contributed by atoms with E-state index in [4.69, 9.17) is 23.1 Å². The van der Waals surface area contributed by atoms with Gasteiger partial charge < -0.3 is 23.1 Å². The van der Waals surface area contributed by atoms with Crippen molar-refractivity contribution in [1.82, 2.24) is 0 Å². The molecule has 0 bridgehead atoms. The van der Waals surface area contributed by atoms with Gasteiger partial charge >= 0.3 is 9.28 Å². The van der Waals surface area contributed by atoms with Crippen LogP contribution in [0.25, 0.3) is 0 Å². The fourth-order valence-electron chi connectivity index (χ4n) is 1.05. The highest BCUT2D eigenvalue weighted by atomic mass is 28.3. The second-order valence-corrected chi connectivity index (χ2v) is 5.21. The standard InChI is InChI=1S/C9H22O5Si/c1-10-6-5-9(11-2)7-14-8-15(12-3)13-4/h9,15H,5-8H2,1-4H3. The average Bonchev–Trinajstić information content (AvgIpc) is 2.28. The van der Waals surface area contributed by atoms with Gasteiger partial charge in [0.25, 0.3) is 0 Å². The fourth-order valence-corrected chi connectivity index (χ4v) is 1.84. The summed E-state index contributed by atoms with van der Waals surface area (Å²) in [6, 6.07) is 0. The highest BCUT2D eigenvalue weighted by Crippen LogP contribution is 1.99. The fraction of sp³-hybridized carbons (Fsp3) is 1.00. The molecule has 0 saturated heterocycles. The molecule has 0 spiro atoms. The first-order chi connectivity index (χ1) is 7.28. The molecule has 0 aromatic heterocycles. The molecule has 15 heavy (non-hydrogen) atoms. The van der Waals surface area contributed by atoms with E-state index in [0.29, 0.717) is 19.4 Å². The molecular weight excluding hydrogens is 216 g/mol. The van der Waals surface area contributed by atoms with Gasteiger partial charge in [0.2, 0.25) is 0 Å². The van der Waals surface area contributed by atoms with Gasteiger partial charge in [0, 0.05) is 35.0 Å². The van der Waals surface area contributed by atoms with Gasteiger partial charge in [-0.3, -0.25) is 0 Å². The lowest BCUT2D eigenvalue weighted by molar-refractivity contribution is -0.000772. The monoisotopic (exact) mass is 238 g/mol. The van der Waals surface area contributed by atoms with E-state index in [0.717, 1.165) is 6.42 Å². The first-order valence-electron chi connectivity index (χ1n) is 4.93. The van der Waals surface area contributed by atoms with Gasteiger partial charge in [0.05, 0.1) is 18.9 Å². The van der Waals surface area contributed by atoms with Gasteiger partial charge in [0.1, 0.15) is 0 Å². The van der Waals surface area contributed by atoms with Crippen LogP contribution in [0.3, 0.4) is 0 Å². The summed E-state index contributed by atoms with van der Waals surface area (Å²) in [6.45, 7) is 1.23. The minimum absolute atomic E-state index is 0.0771. The summed E-state index contributed by atoms with van der Waals surface area (Å²) in [5, 5.41) is 0. The Labute approximate surface area is 93.5 Å². The molecular formula is C9H22O5Si. The van der Waals surface area contributed by atoms with Crippen molar-refractivity contribution in [3.05, 3.63) is 0 Å². The molecule has 0 amide bonds. The van der Waals surface area contributed by atoms with E-state index >= 15 is 0 Å². The van der Waals surface area contributed by atoms with E-state index < -0.39 is 9.28 Å². The lowest BCUT2D eigenvalue weighted by atomic mass is 10.3. The molecule has 0 radical (unpaired) electrons. The molecule has 0 aromatic carbocycles. The Morgan fingerprint density at radius 3 is 2.20 bits per heavy atom. The van der Waals surface area contributed by atoms with Crippen LogP contribution in [-0.2, 0) is 23.1 Å². The molecule has 0 aliphatic heterocycles. The maximum Gasteiger partial charge on any atom is 0.347 e. The number of methoxy groups -OCH3 is 2. The number of hydrogen-bond donors (Lipinski definition) is 0. The topological polar surface area (TPSA) is 46.2 Å². The Morgan fingerprint density at radius 2 is 1.73 bits per heavy atom. The van der Waals surface area contributed by atoms with E-state index in [1.807, 2.05) is 0 Å². The summed E-state index contributed by atoms with van der Waals surface area (Å²) in [6.07, 6.45) is 1.45. The van der Waals surface area contributed by atoms with Crippen molar-refractivity contribution in [3.63, 3.8) is 0 Å². The van der Waals surface area contributed by atoms with E-state index in [-0.39, 0.29) is 6.10 Å². The first-order valence-corrected chi connectivity index (χ1v) is 6.69. The summed E-state index contributed by atoms with van der Waals surface area (Å²) < 4.78 is 25.9. The van der Waals surface area contributed by atoms with E-state index in [2.05, 4.69) is 0 Å². The molecule has 0 N–H and O–H groups in total. The lowest BCUT2D eigenvalue weighted by Gasteiger charge is -2.16. The normalized spacial score (nSPS) is 13.4. The van der Waals surface area contributed by atoms with Crippen molar-refractivity contribution in [3.8, 4) is 0 Å². The maximum atomic E-state index is 5.46. The Hall–Kier alpha value is 0.0169. The third-order valence-electron chi connectivity index (χ3n) is 2.06. The van der Waals surface area contributed by atoms with Crippen LogP contribution in [0.5, 0.6) is 0 Å². The average molecular weight is 238 g/mol. The molecule has 0 heterocycles. The van der Waals surface area contributed by atoms with E-state index in [9.17, 15) is 0 Å². The molecule has 0 aromatic rings. The van der Waals surface area contributed by atoms with Crippen LogP contribution in [0, 0.1) is 0 Å². The molecule has 0 saturated carbocycles. The molecule has 1 atom stereocenters. The van der Waals surface area contributed by atoms with Gasteiger partial charge in [-0.15, -0.1) is 0 Å². The van der Waals surface area contributed by atoms with Crippen molar-refractivity contribution >= 4 is 9.28 Å². The first kappa shape index (κ1) is 15.0. The minimum Gasteiger partial charge on any atom is -0.399 e. The number of hydrogen-bond acceptors (Lipinski definition) is 5. The van der Waals surface area contributed by atoms with Crippen LogP contribution in [0.1, 0.15) is 6.42 Å². The Morgan fingerprint density at radius 1 is 1.07 bits per heavy atom. The van der Waals surface area contributed by atoms with Crippen molar-refractivity contribution in [2.24, 2.45) is 0 Å². The van der Waals surface area contributed by atoms with Crippen LogP contribution in [0.15, 0.2) is 0 Å². The molecule has 5 nitrogen and oxygen atoms in total. The van der Waals surface area contributed by atoms with Crippen molar-refractivity contribution in [2.45, 2.75) is 12.5 Å². The van der Waals surface area contributed by atoms with Crippen molar-refractivity contribution in [2.75, 3.05) is 47.9 Å². The molecule has 92 valence electrons. The number of rotatable bonds is 10. The van der Waals surface area contributed by atoms with E-state index in [1.165, 1.54) is 0 Å². The van der Waals surface area contributed by atoms with Crippen molar-refractivity contribution < 1.29 is 23.1 Å². The van der Waals surface area contributed by atoms with Crippen LogP contribution in [-0.4, -0.2) is 63.3 Å². The predicted octanol–water partition coefficient (Wildman–Crippen LogP) is 0.107. The van der Waals surface area contributed by atoms with Crippen LogP contribution < -0.4 is 0 Å². The second kappa shape index (κ2) is 10.5. The molecule has 0 aliphatic carbocycles. The van der Waals surface area contributed by atoms with Crippen molar-refractivity contribution in [1.29, 1.82) is 0 Å². The Kier molecular flexibility index (Phi) is 10.5. The Balaban J connectivity index is 3.52. The van der Waals surface area contributed by atoms with Gasteiger partial charge in [-0.25, -0.2) is 0 Å². The largest absolute Gasteiger partial charge is 0.399 e. The summed E-state index contributed by atoms with van der Waals surface area (Å²) in [4.78, 5) is 0. The highest BCUT2D eigenvalue weighted by molar-refractivity contribution is 6.44. The third kappa shape index (κ3) is 7.89. The zero-order valence-corrected chi connectivity index (χ0v) is 11.2. The Bertz CT molecular complexity index is 132. The van der Waals surface area contributed by atoms with Gasteiger partial charge in [-0.2, -0.15) is 0 Å². The predicted molar refractivity (Wildman–Crippen MR) is 59.3 cm³/mol. The molecule has 0 rings (SSSR count).